The number of fused-ring (bicyclic) bond motifs is 1. The molecule has 0 radical (unpaired) electrons. The number of benzene rings is 2. The summed E-state index contributed by atoms with van der Waals surface area (Å²) in [5.41, 5.74) is 5.22. The van der Waals surface area contributed by atoms with Crippen molar-refractivity contribution in [2.45, 2.75) is 32.8 Å². The Hall–Kier alpha value is -1.96. The molecule has 0 aromatic heterocycles. The molecule has 20 heavy (non-hydrogen) atoms. The second kappa shape index (κ2) is 5.58. The molecule has 1 atom stereocenters. The third kappa shape index (κ3) is 2.64. The van der Waals surface area contributed by atoms with E-state index in [1.807, 2.05) is 0 Å². The molecule has 1 aliphatic heterocycles. The molecule has 2 nitrogen and oxygen atoms in total. The van der Waals surface area contributed by atoms with Gasteiger partial charge in [0.2, 0.25) is 0 Å². The summed E-state index contributed by atoms with van der Waals surface area (Å²) in [6, 6.07) is 14.9. The highest BCUT2D eigenvalue weighted by molar-refractivity contribution is 5.51. The van der Waals surface area contributed by atoms with E-state index in [2.05, 4.69) is 61.6 Å². The second-order valence-electron chi connectivity index (χ2n) is 5.45. The van der Waals surface area contributed by atoms with Crippen molar-refractivity contribution < 1.29 is 4.74 Å². The van der Waals surface area contributed by atoms with Crippen LogP contribution in [0.4, 0.5) is 5.69 Å². The Morgan fingerprint density at radius 3 is 2.90 bits per heavy atom. The zero-order valence-electron chi connectivity index (χ0n) is 12.1. The maximum Gasteiger partial charge on any atom is 0.123 e. The molecule has 0 amide bonds. The summed E-state index contributed by atoms with van der Waals surface area (Å²) in [6.07, 6.45) is 2.28. The first-order chi connectivity index (χ1) is 9.76. The van der Waals surface area contributed by atoms with Gasteiger partial charge in [-0.1, -0.05) is 42.8 Å². The van der Waals surface area contributed by atoms with E-state index in [1.165, 1.54) is 22.4 Å². The number of aryl methyl sites for hydroxylation is 2. The lowest BCUT2D eigenvalue weighted by molar-refractivity contribution is 0.246. The second-order valence-corrected chi connectivity index (χ2v) is 5.45. The molecule has 0 saturated heterocycles. The van der Waals surface area contributed by atoms with Gasteiger partial charge in [0.25, 0.3) is 0 Å². The SMILES string of the molecule is CCc1ccccc1NCC1Cc2cc(C)ccc2O1. The first-order valence-corrected chi connectivity index (χ1v) is 7.34. The number of hydrogen-bond donors (Lipinski definition) is 1. The number of anilines is 1. The van der Waals surface area contributed by atoms with Crippen molar-refractivity contribution in [2.75, 3.05) is 11.9 Å². The molecular weight excluding hydrogens is 246 g/mol. The first kappa shape index (κ1) is 13.0. The van der Waals surface area contributed by atoms with Gasteiger partial charge in [0.1, 0.15) is 11.9 Å². The Kier molecular flexibility index (Phi) is 3.64. The average Bonchev–Trinajstić information content (AvgIpc) is 2.87. The summed E-state index contributed by atoms with van der Waals surface area (Å²) in [6.45, 7) is 5.17. The summed E-state index contributed by atoms with van der Waals surface area (Å²) < 4.78 is 5.99. The zero-order valence-corrected chi connectivity index (χ0v) is 12.1. The molecule has 1 heterocycles. The van der Waals surface area contributed by atoms with Crippen LogP contribution in [0.2, 0.25) is 0 Å². The highest BCUT2D eigenvalue weighted by Gasteiger charge is 2.22. The van der Waals surface area contributed by atoms with Crippen LogP contribution in [0.25, 0.3) is 0 Å². The molecule has 0 bridgehead atoms. The summed E-state index contributed by atoms with van der Waals surface area (Å²) >= 11 is 0. The van der Waals surface area contributed by atoms with Crippen molar-refractivity contribution in [1.82, 2.24) is 0 Å². The number of ether oxygens (including phenoxy) is 1. The number of rotatable bonds is 4. The highest BCUT2D eigenvalue weighted by Crippen LogP contribution is 2.29. The number of hydrogen-bond acceptors (Lipinski definition) is 2. The third-order valence-corrected chi connectivity index (χ3v) is 3.88. The Balaban J connectivity index is 1.64. The molecule has 0 aliphatic carbocycles. The molecule has 2 heteroatoms. The molecule has 0 spiro atoms. The minimum absolute atomic E-state index is 0.233. The molecule has 0 saturated carbocycles. The zero-order chi connectivity index (χ0) is 13.9. The van der Waals surface area contributed by atoms with Gasteiger partial charge in [0.05, 0.1) is 6.54 Å². The van der Waals surface area contributed by atoms with Crippen LogP contribution >= 0.6 is 0 Å². The Morgan fingerprint density at radius 2 is 2.05 bits per heavy atom. The van der Waals surface area contributed by atoms with Crippen molar-refractivity contribution in [3.63, 3.8) is 0 Å². The largest absolute Gasteiger partial charge is 0.488 e. The van der Waals surface area contributed by atoms with Gasteiger partial charge in [0, 0.05) is 12.1 Å². The van der Waals surface area contributed by atoms with Gasteiger partial charge in [0.15, 0.2) is 0 Å². The van der Waals surface area contributed by atoms with Gasteiger partial charge < -0.3 is 10.1 Å². The van der Waals surface area contributed by atoms with Crippen molar-refractivity contribution in [3.8, 4) is 5.75 Å². The van der Waals surface area contributed by atoms with Gasteiger partial charge >= 0.3 is 0 Å². The van der Waals surface area contributed by atoms with Crippen LogP contribution in [0.1, 0.15) is 23.6 Å². The predicted octanol–water partition coefficient (Wildman–Crippen LogP) is 3.97. The van der Waals surface area contributed by atoms with Crippen LogP contribution in [0, 0.1) is 6.92 Å². The number of para-hydroxylation sites is 1. The summed E-state index contributed by atoms with van der Waals surface area (Å²) in [4.78, 5) is 0. The van der Waals surface area contributed by atoms with Gasteiger partial charge in [-0.15, -0.1) is 0 Å². The maximum atomic E-state index is 5.99. The Labute approximate surface area is 120 Å². The van der Waals surface area contributed by atoms with Crippen molar-refractivity contribution in [3.05, 3.63) is 59.2 Å². The van der Waals surface area contributed by atoms with Crippen LogP contribution < -0.4 is 10.1 Å². The molecule has 0 fully saturated rings. The maximum absolute atomic E-state index is 5.99. The quantitative estimate of drug-likeness (QED) is 0.905. The predicted molar refractivity (Wildman–Crippen MR) is 83.6 cm³/mol. The van der Waals surface area contributed by atoms with E-state index in [0.29, 0.717) is 0 Å². The lowest BCUT2D eigenvalue weighted by atomic mass is 10.1. The minimum atomic E-state index is 0.233. The molecule has 1 N–H and O–H groups in total. The molecular formula is C18H21NO. The highest BCUT2D eigenvalue weighted by atomic mass is 16.5. The van der Waals surface area contributed by atoms with Crippen molar-refractivity contribution >= 4 is 5.69 Å². The first-order valence-electron chi connectivity index (χ1n) is 7.34. The fourth-order valence-electron chi connectivity index (χ4n) is 2.79. The van der Waals surface area contributed by atoms with Crippen LogP contribution in [0.3, 0.4) is 0 Å². The van der Waals surface area contributed by atoms with Crippen molar-refractivity contribution in [1.29, 1.82) is 0 Å². The van der Waals surface area contributed by atoms with E-state index < -0.39 is 0 Å². The molecule has 104 valence electrons. The van der Waals surface area contributed by atoms with Gasteiger partial charge in [-0.3, -0.25) is 0 Å². The van der Waals surface area contributed by atoms with Crippen molar-refractivity contribution in [2.24, 2.45) is 0 Å². The molecule has 1 unspecified atom stereocenters. The lowest BCUT2D eigenvalue weighted by Gasteiger charge is -2.15. The Morgan fingerprint density at radius 1 is 1.20 bits per heavy atom. The van der Waals surface area contributed by atoms with E-state index in [9.17, 15) is 0 Å². The van der Waals surface area contributed by atoms with E-state index in [4.69, 9.17) is 4.74 Å². The molecule has 1 aliphatic rings. The Bertz CT molecular complexity index is 606. The van der Waals surface area contributed by atoms with E-state index >= 15 is 0 Å². The minimum Gasteiger partial charge on any atom is -0.488 e. The monoisotopic (exact) mass is 267 g/mol. The fourth-order valence-corrected chi connectivity index (χ4v) is 2.79. The van der Waals surface area contributed by atoms with Gasteiger partial charge in [-0.2, -0.15) is 0 Å². The third-order valence-electron chi connectivity index (χ3n) is 3.88. The summed E-state index contributed by atoms with van der Waals surface area (Å²) in [7, 11) is 0. The van der Waals surface area contributed by atoms with Crippen LogP contribution in [-0.4, -0.2) is 12.6 Å². The van der Waals surface area contributed by atoms with Gasteiger partial charge in [-0.25, -0.2) is 0 Å². The summed E-state index contributed by atoms with van der Waals surface area (Å²) in [5.74, 6) is 1.05. The smallest absolute Gasteiger partial charge is 0.123 e. The van der Waals surface area contributed by atoms with Crippen LogP contribution in [-0.2, 0) is 12.8 Å². The van der Waals surface area contributed by atoms with E-state index in [1.54, 1.807) is 0 Å². The van der Waals surface area contributed by atoms with Gasteiger partial charge in [-0.05, 0) is 36.6 Å². The molecule has 2 aromatic carbocycles. The summed E-state index contributed by atoms with van der Waals surface area (Å²) in [5, 5.41) is 3.53. The molecule has 2 aromatic rings. The topological polar surface area (TPSA) is 21.3 Å². The standard InChI is InChI=1S/C18H21NO/c1-3-14-6-4-5-7-17(14)19-12-16-11-15-10-13(2)8-9-18(15)20-16/h4-10,16,19H,3,11-12H2,1-2H3. The van der Waals surface area contributed by atoms with Crippen LogP contribution in [0.15, 0.2) is 42.5 Å². The van der Waals surface area contributed by atoms with E-state index in [-0.39, 0.29) is 6.10 Å². The van der Waals surface area contributed by atoms with E-state index in [0.717, 1.165) is 25.1 Å². The average molecular weight is 267 g/mol. The fraction of sp³-hybridized carbons (Fsp3) is 0.333. The molecule has 3 rings (SSSR count). The lowest BCUT2D eigenvalue weighted by Crippen LogP contribution is -2.24. The van der Waals surface area contributed by atoms with Crippen LogP contribution in [0.5, 0.6) is 5.75 Å². The normalized spacial score (nSPS) is 16.6. The number of nitrogens with one attached hydrogen (secondary N) is 1.